The molecule has 0 unspecified atom stereocenters. The molecule has 1 N–H and O–H groups in total. The smallest absolute Gasteiger partial charge is 0.100 e. The molecule has 2 atom stereocenters. The van der Waals surface area contributed by atoms with Gasteiger partial charge in [-0.3, -0.25) is 4.99 Å². The molecule has 158 valence electrons. The van der Waals surface area contributed by atoms with Crippen molar-refractivity contribution in [1.82, 2.24) is 0 Å². The van der Waals surface area contributed by atoms with Gasteiger partial charge < -0.3 is 5.11 Å². The van der Waals surface area contributed by atoms with Crippen molar-refractivity contribution >= 4 is 5.71 Å². The summed E-state index contributed by atoms with van der Waals surface area (Å²) in [6.07, 6.45) is 0.592. The van der Waals surface area contributed by atoms with Crippen LogP contribution in [0.5, 0.6) is 0 Å². The first-order valence-electron chi connectivity index (χ1n) is 11.1. The first-order valence-corrected chi connectivity index (χ1v) is 11.1. The zero-order valence-electron chi connectivity index (χ0n) is 18.2. The lowest BCUT2D eigenvalue weighted by molar-refractivity contribution is -0.119. The Balaban J connectivity index is 1.78. The maximum atomic E-state index is 12.3. The van der Waals surface area contributed by atoms with Crippen LogP contribution >= 0.6 is 0 Å². The van der Waals surface area contributed by atoms with Crippen LogP contribution in [0.3, 0.4) is 0 Å². The molecule has 4 aromatic rings. The van der Waals surface area contributed by atoms with Crippen LogP contribution in [0.2, 0.25) is 0 Å². The van der Waals surface area contributed by atoms with Crippen molar-refractivity contribution in [1.29, 1.82) is 0 Å². The number of hydrogen-bond donors (Lipinski definition) is 1. The van der Waals surface area contributed by atoms with Gasteiger partial charge in [-0.2, -0.15) is 0 Å². The average Bonchev–Trinajstić information content (AvgIpc) is 2.87. The van der Waals surface area contributed by atoms with Crippen LogP contribution in [0.4, 0.5) is 0 Å². The van der Waals surface area contributed by atoms with Gasteiger partial charge in [0.25, 0.3) is 0 Å². The van der Waals surface area contributed by atoms with Crippen molar-refractivity contribution in [3.8, 4) is 0 Å². The molecule has 0 heterocycles. The molecule has 1 aliphatic rings. The Morgan fingerprint density at radius 3 is 1.50 bits per heavy atom. The monoisotopic (exact) mass is 417 g/mol. The Morgan fingerprint density at radius 2 is 1.06 bits per heavy atom. The van der Waals surface area contributed by atoms with Gasteiger partial charge in [-0.15, -0.1) is 0 Å². The molecule has 0 bridgehead atoms. The molecule has 1 saturated carbocycles. The highest BCUT2D eigenvalue weighted by Gasteiger charge is 2.66. The molecule has 5 rings (SSSR count). The van der Waals surface area contributed by atoms with E-state index < -0.39 is 11.0 Å². The minimum atomic E-state index is -1.03. The first kappa shape index (κ1) is 20.4. The molecule has 1 fully saturated rings. The lowest BCUT2D eigenvalue weighted by atomic mass is 9.43. The third-order valence-electron chi connectivity index (χ3n) is 6.95. The van der Waals surface area contributed by atoms with Crippen LogP contribution in [0.25, 0.3) is 0 Å². The Morgan fingerprint density at radius 1 is 0.656 bits per heavy atom. The molecule has 0 aromatic heterocycles. The highest BCUT2D eigenvalue weighted by Crippen LogP contribution is 2.64. The molecular weight excluding hydrogens is 390 g/mol. The van der Waals surface area contributed by atoms with Crippen molar-refractivity contribution in [3.63, 3.8) is 0 Å². The standard InChI is InChI=1S/C30H27NO/c1-31-27(23-14-6-2-7-15-23)28-29(24-16-8-3-9-17-24,25-18-10-4-11-19-25)22-30(28,32)26-20-12-5-13-21-26/h2-21,28,32H,22H2,1H3/t28-,30-/m1/s1. The van der Waals surface area contributed by atoms with E-state index in [0.717, 1.165) is 16.8 Å². The zero-order valence-corrected chi connectivity index (χ0v) is 18.2. The molecule has 0 saturated heterocycles. The minimum Gasteiger partial charge on any atom is -0.384 e. The lowest BCUT2D eigenvalue weighted by Gasteiger charge is -2.61. The molecule has 4 aromatic carbocycles. The van der Waals surface area contributed by atoms with Crippen LogP contribution in [0.1, 0.15) is 28.7 Å². The van der Waals surface area contributed by atoms with E-state index in [1.807, 2.05) is 67.7 Å². The second kappa shape index (κ2) is 8.22. The second-order valence-electron chi connectivity index (χ2n) is 8.58. The topological polar surface area (TPSA) is 32.6 Å². The van der Waals surface area contributed by atoms with E-state index >= 15 is 0 Å². The predicted molar refractivity (Wildman–Crippen MR) is 131 cm³/mol. The van der Waals surface area contributed by atoms with Gasteiger partial charge in [0, 0.05) is 24.1 Å². The van der Waals surface area contributed by atoms with Crippen molar-refractivity contribution in [2.75, 3.05) is 7.05 Å². The molecular formula is C30H27NO. The Bertz CT molecular complexity index is 1160. The van der Waals surface area contributed by atoms with Crippen molar-refractivity contribution < 1.29 is 5.11 Å². The van der Waals surface area contributed by atoms with E-state index in [1.165, 1.54) is 11.1 Å². The van der Waals surface area contributed by atoms with Gasteiger partial charge in [0.05, 0.1) is 0 Å². The lowest BCUT2D eigenvalue weighted by Crippen LogP contribution is -2.65. The third kappa shape index (κ3) is 3.11. The normalized spacial score (nSPS) is 22.2. The van der Waals surface area contributed by atoms with Gasteiger partial charge in [-0.25, -0.2) is 0 Å². The highest BCUT2D eigenvalue weighted by atomic mass is 16.3. The maximum Gasteiger partial charge on any atom is 0.100 e. The summed E-state index contributed by atoms with van der Waals surface area (Å²) in [6.45, 7) is 0. The highest BCUT2D eigenvalue weighted by molar-refractivity contribution is 6.05. The van der Waals surface area contributed by atoms with Crippen LogP contribution in [0.15, 0.2) is 126 Å². The van der Waals surface area contributed by atoms with Gasteiger partial charge in [0.15, 0.2) is 0 Å². The molecule has 0 aliphatic heterocycles. The number of aliphatic hydroxyl groups is 1. The number of aliphatic imine (C=N–C) groups is 1. The fourth-order valence-electron chi connectivity index (χ4n) is 5.57. The average molecular weight is 418 g/mol. The first-order chi connectivity index (χ1) is 15.7. The number of hydrogen-bond acceptors (Lipinski definition) is 2. The summed E-state index contributed by atoms with van der Waals surface area (Å²) in [6, 6.07) is 41.5. The van der Waals surface area contributed by atoms with Crippen LogP contribution in [-0.4, -0.2) is 17.9 Å². The minimum absolute atomic E-state index is 0.241. The Labute approximate surface area is 189 Å². The fourth-order valence-corrected chi connectivity index (χ4v) is 5.57. The van der Waals surface area contributed by atoms with E-state index in [0.29, 0.717) is 6.42 Å². The summed E-state index contributed by atoms with van der Waals surface area (Å²) in [7, 11) is 1.84. The summed E-state index contributed by atoms with van der Waals surface area (Å²) in [5.74, 6) is -0.241. The summed E-state index contributed by atoms with van der Waals surface area (Å²) < 4.78 is 0. The molecule has 2 nitrogen and oxygen atoms in total. The van der Waals surface area contributed by atoms with Crippen LogP contribution in [-0.2, 0) is 11.0 Å². The van der Waals surface area contributed by atoms with E-state index in [-0.39, 0.29) is 5.92 Å². The number of nitrogens with zero attached hydrogens (tertiary/aromatic N) is 1. The molecule has 1 aliphatic carbocycles. The van der Waals surface area contributed by atoms with Crippen LogP contribution in [0, 0.1) is 5.92 Å². The van der Waals surface area contributed by atoms with Gasteiger partial charge >= 0.3 is 0 Å². The van der Waals surface area contributed by atoms with Crippen molar-refractivity contribution in [2.24, 2.45) is 10.9 Å². The molecule has 2 heteroatoms. The van der Waals surface area contributed by atoms with Gasteiger partial charge in [-0.1, -0.05) is 121 Å². The van der Waals surface area contributed by atoms with E-state index in [4.69, 9.17) is 4.99 Å². The summed E-state index contributed by atoms with van der Waals surface area (Å²) in [5.41, 5.74) is 3.89. The second-order valence-corrected chi connectivity index (χ2v) is 8.58. The van der Waals surface area contributed by atoms with E-state index in [2.05, 4.69) is 60.7 Å². The third-order valence-corrected chi connectivity index (χ3v) is 6.95. The predicted octanol–water partition coefficient (Wildman–Crippen LogP) is 6.00. The number of rotatable bonds is 5. The van der Waals surface area contributed by atoms with Crippen molar-refractivity contribution in [3.05, 3.63) is 144 Å². The van der Waals surface area contributed by atoms with Crippen LogP contribution < -0.4 is 0 Å². The molecule has 32 heavy (non-hydrogen) atoms. The molecule has 0 radical (unpaired) electrons. The van der Waals surface area contributed by atoms with Gasteiger partial charge in [0.1, 0.15) is 5.60 Å². The van der Waals surface area contributed by atoms with E-state index in [1.54, 1.807) is 0 Å². The zero-order chi connectivity index (χ0) is 22.0. The summed E-state index contributed by atoms with van der Waals surface area (Å²) >= 11 is 0. The Hall–Kier alpha value is -3.49. The SMILES string of the molecule is CN=C(c1ccccc1)[C@@H]1C(c2ccccc2)(c2ccccc2)C[C@@]1(O)c1ccccc1. The van der Waals surface area contributed by atoms with Gasteiger partial charge in [0.2, 0.25) is 0 Å². The summed E-state index contributed by atoms with van der Waals surface area (Å²) in [5, 5.41) is 12.3. The number of benzene rings is 4. The molecule has 0 spiro atoms. The van der Waals surface area contributed by atoms with Crippen molar-refractivity contribution in [2.45, 2.75) is 17.4 Å². The van der Waals surface area contributed by atoms with E-state index in [9.17, 15) is 5.11 Å². The largest absolute Gasteiger partial charge is 0.384 e. The molecule has 0 amide bonds. The van der Waals surface area contributed by atoms with Gasteiger partial charge in [-0.05, 0) is 28.7 Å². The maximum absolute atomic E-state index is 12.3. The fraction of sp³-hybridized carbons (Fsp3) is 0.167. The Kier molecular flexibility index (Phi) is 5.24. The quantitative estimate of drug-likeness (QED) is 0.397. The summed E-state index contributed by atoms with van der Waals surface area (Å²) in [4.78, 5) is 4.80.